The van der Waals surface area contributed by atoms with E-state index in [-0.39, 0.29) is 11.3 Å². The van der Waals surface area contributed by atoms with Crippen LogP contribution in [-0.4, -0.2) is 30.5 Å². The Labute approximate surface area is 109 Å². The van der Waals surface area contributed by atoms with E-state index in [4.69, 9.17) is 16.3 Å². The predicted octanol–water partition coefficient (Wildman–Crippen LogP) is 2.72. The maximum absolute atomic E-state index is 11.6. The van der Waals surface area contributed by atoms with Crippen molar-refractivity contribution in [2.24, 2.45) is 5.92 Å². The third-order valence-corrected chi connectivity index (χ3v) is 3.56. The van der Waals surface area contributed by atoms with Crippen LogP contribution in [0, 0.1) is 5.92 Å². The lowest BCUT2D eigenvalue weighted by atomic mass is 9.80. The highest BCUT2D eigenvalue weighted by Crippen LogP contribution is 2.32. The van der Waals surface area contributed by atoms with Crippen molar-refractivity contribution in [2.75, 3.05) is 13.2 Å². The van der Waals surface area contributed by atoms with Gasteiger partial charge in [-0.05, 0) is 32.1 Å². The summed E-state index contributed by atoms with van der Waals surface area (Å²) < 4.78 is 5.47. The van der Waals surface area contributed by atoms with E-state index in [1.54, 1.807) is 0 Å². The van der Waals surface area contributed by atoms with Crippen LogP contribution in [0.5, 0.6) is 0 Å². The highest BCUT2D eigenvalue weighted by Gasteiger charge is 2.30. The Kier molecular flexibility index (Phi) is 6.90. The standard InChI is InChI=1S/C13H24ClNO2/c1-3-5-11(14)9-15-13(16)8-10-6-12(7-10)17-4-2/h10-12H,3-9H2,1-2H3,(H,15,16). The van der Waals surface area contributed by atoms with Gasteiger partial charge in [0.15, 0.2) is 0 Å². The minimum absolute atomic E-state index is 0.0708. The number of hydrogen-bond donors (Lipinski definition) is 1. The number of halogens is 1. The van der Waals surface area contributed by atoms with Gasteiger partial charge in [-0.15, -0.1) is 11.6 Å². The molecule has 0 aliphatic heterocycles. The van der Waals surface area contributed by atoms with Crippen LogP contribution in [0.2, 0.25) is 0 Å². The van der Waals surface area contributed by atoms with E-state index in [0.29, 0.717) is 25.0 Å². The zero-order valence-electron chi connectivity index (χ0n) is 10.9. The number of amides is 1. The molecule has 0 aromatic carbocycles. The van der Waals surface area contributed by atoms with E-state index in [2.05, 4.69) is 12.2 Å². The van der Waals surface area contributed by atoms with Gasteiger partial charge in [0.1, 0.15) is 0 Å². The molecule has 0 spiro atoms. The van der Waals surface area contributed by atoms with Crippen molar-refractivity contribution >= 4 is 17.5 Å². The molecule has 17 heavy (non-hydrogen) atoms. The second-order valence-electron chi connectivity index (χ2n) is 4.81. The van der Waals surface area contributed by atoms with Crippen LogP contribution < -0.4 is 5.32 Å². The fraction of sp³-hybridized carbons (Fsp3) is 0.923. The van der Waals surface area contributed by atoms with Gasteiger partial charge in [-0.3, -0.25) is 4.79 Å². The number of ether oxygens (including phenoxy) is 1. The van der Waals surface area contributed by atoms with Crippen LogP contribution in [-0.2, 0) is 9.53 Å². The van der Waals surface area contributed by atoms with E-state index in [1.807, 2.05) is 6.92 Å². The third-order valence-electron chi connectivity index (χ3n) is 3.19. The van der Waals surface area contributed by atoms with Crippen LogP contribution in [0.1, 0.15) is 46.0 Å². The molecule has 1 aliphatic rings. The maximum atomic E-state index is 11.6. The Hall–Kier alpha value is -0.280. The van der Waals surface area contributed by atoms with Crippen LogP contribution >= 0.6 is 11.6 Å². The van der Waals surface area contributed by atoms with Crippen molar-refractivity contribution in [3.05, 3.63) is 0 Å². The third kappa shape index (κ3) is 5.73. The summed E-state index contributed by atoms with van der Waals surface area (Å²) in [4.78, 5) is 11.6. The first-order valence-electron chi connectivity index (χ1n) is 6.68. The molecule has 0 radical (unpaired) electrons. The Balaban J connectivity index is 2.03. The average molecular weight is 262 g/mol. The van der Waals surface area contributed by atoms with Crippen LogP contribution in [0.4, 0.5) is 0 Å². The summed E-state index contributed by atoms with van der Waals surface area (Å²) in [5.41, 5.74) is 0. The zero-order valence-corrected chi connectivity index (χ0v) is 11.6. The Morgan fingerprint density at radius 2 is 2.18 bits per heavy atom. The molecule has 1 unspecified atom stereocenters. The van der Waals surface area contributed by atoms with Crippen molar-refractivity contribution in [2.45, 2.75) is 57.4 Å². The topological polar surface area (TPSA) is 38.3 Å². The van der Waals surface area contributed by atoms with Gasteiger partial charge < -0.3 is 10.1 Å². The first-order valence-corrected chi connectivity index (χ1v) is 7.11. The molecule has 1 saturated carbocycles. The minimum atomic E-state index is 0.0708. The van der Waals surface area contributed by atoms with Crippen LogP contribution in [0.25, 0.3) is 0 Å². The summed E-state index contributed by atoms with van der Waals surface area (Å²) in [5, 5.41) is 2.97. The quantitative estimate of drug-likeness (QED) is 0.683. The van der Waals surface area contributed by atoms with Gasteiger partial charge in [-0.25, -0.2) is 0 Å². The first-order chi connectivity index (χ1) is 8.15. The predicted molar refractivity (Wildman–Crippen MR) is 70.3 cm³/mol. The minimum Gasteiger partial charge on any atom is -0.378 e. The summed E-state index contributed by atoms with van der Waals surface area (Å²) >= 11 is 6.04. The van der Waals surface area contributed by atoms with E-state index in [0.717, 1.165) is 32.3 Å². The number of nitrogens with one attached hydrogen (secondary N) is 1. The lowest BCUT2D eigenvalue weighted by Crippen LogP contribution is -2.37. The average Bonchev–Trinajstić information content (AvgIpc) is 2.24. The second-order valence-corrected chi connectivity index (χ2v) is 5.43. The SMILES string of the molecule is CCCC(Cl)CNC(=O)CC1CC(OCC)C1. The van der Waals surface area contributed by atoms with Crippen LogP contribution in [0.3, 0.4) is 0 Å². The van der Waals surface area contributed by atoms with Gasteiger partial charge in [-0.1, -0.05) is 13.3 Å². The van der Waals surface area contributed by atoms with Gasteiger partial charge in [0.05, 0.1) is 11.5 Å². The second kappa shape index (κ2) is 7.93. The summed E-state index contributed by atoms with van der Waals surface area (Å²) in [6, 6.07) is 0. The highest BCUT2D eigenvalue weighted by atomic mass is 35.5. The molecular formula is C13H24ClNO2. The first kappa shape index (κ1) is 14.8. The van der Waals surface area contributed by atoms with Gasteiger partial charge in [0, 0.05) is 19.6 Å². The lowest BCUT2D eigenvalue weighted by Gasteiger charge is -2.34. The van der Waals surface area contributed by atoms with E-state index < -0.39 is 0 Å². The lowest BCUT2D eigenvalue weighted by molar-refractivity contribution is -0.124. The number of alkyl halides is 1. The van der Waals surface area contributed by atoms with Crippen molar-refractivity contribution in [3.8, 4) is 0 Å². The molecule has 3 nitrogen and oxygen atoms in total. The van der Waals surface area contributed by atoms with E-state index in [9.17, 15) is 4.79 Å². The fourth-order valence-electron chi connectivity index (χ4n) is 2.19. The van der Waals surface area contributed by atoms with Gasteiger partial charge in [0.2, 0.25) is 5.91 Å². The van der Waals surface area contributed by atoms with Gasteiger partial charge in [0.25, 0.3) is 0 Å². The smallest absolute Gasteiger partial charge is 0.220 e. The van der Waals surface area contributed by atoms with Gasteiger partial charge >= 0.3 is 0 Å². The fourth-order valence-corrected chi connectivity index (χ4v) is 2.48. The zero-order chi connectivity index (χ0) is 12.7. The molecule has 1 amide bonds. The van der Waals surface area contributed by atoms with Crippen LogP contribution in [0.15, 0.2) is 0 Å². The van der Waals surface area contributed by atoms with Gasteiger partial charge in [-0.2, -0.15) is 0 Å². The Bertz CT molecular complexity index is 229. The molecule has 0 aromatic heterocycles. The number of hydrogen-bond acceptors (Lipinski definition) is 2. The van der Waals surface area contributed by atoms with E-state index >= 15 is 0 Å². The maximum Gasteiger partial charge on any atom is 0.220 e. The summed E-state index contributed by atoms with van der Waals surface area (Å²) in [7, 11) is 0. The molecule has 1 aliphatic carbocycles. The summed E-state index contributed by atoms with van der Waals surface area (Å²) in [6.45, 7) is 5.47. The van der Waals surface area contributed by atoms with Crippen molar-refractivity contribution in [1.29, 1.82) is 0 Å². The monoisotopic (exact) mass is 261 g/mol. The summed E-state index contributed by atoms with van der Waals surface area (Å²) in [5.74, 6) is 0.637. The molecule has 0 saturated heterocycles. The van der Waals surface area contributed by atoms with Crippen molar-refractivity contribution < 1.29 is 9.53 Å². The van der Waals surface area contributed by atoms with E-state index in [1.165, 1.54) is 0 Å². The number of rotatable bonds is 8. The molecule has 0 aromatic rings. The Morgan fingerprint density at radius 1 is 1.47 bits per heavy atom. The highest BCUT2D eigenvalue weighted by molar-refractivity contribution is 6.20. The molecule has 4 heteroatoms. The molecule has 0 bridgehead atoms. The molecular weight excluding hydrogens is 238 g/mol. The molecule has 100 valence electrons. The molecule has 1 fully saturated rings. The molecule has 1 rings (SSSR count). The molecule has 1 atom stereocenters. The number of carbonyl (C=O) groups excluding carboxylic acids is 1. The largest absolute Gasteiger partial charge is 0.378 e. The normalized spacial score (nSPS) is 25.1. The number of carbonyl (C=O) groups is 1. The molecule has 0 heterocycles. The van der Waals surface area contributed by atoms with Crippen molar-refractivity contribution in [1.82, 2.24) is 5.32 Å². The summed E-state index contributed by atoms with van der Waals surface area (Å²) in [6.07, 6.45) is 5.08. The molecule has 1 N–H and O–H groups in total. The Morgan fingerprint density at radius 3 is 2.76 bits per heavy atom. The van der Waals surface area contributed by atoms with Crippen molar-refractivity contribution in [3.63, 3.8) is 0 Å².